The molecule has 10 heteroatoms. The third kappa shape index (κ3) is 15.4. The number of rotatable bonds is 15. The second-order valence-corrected chi connectivity index (χ2v) is 5.62. The Bertz CT molecular complexity index is 401. The highest BCUT2D eigenvalue weighted by atomic mass is 16.3. The van der Waals surface area contributed by atoms with E-state index in [9.17, 15) is 14.7 Å². The number of hydrogen-bond acceptors (Lipinski definition) is 6. The molecule has 10 N–H and O–H groups in total. The van der Waals surface area contributed by atoms with E-state index in [1.54, 1.807) is 0 Å². The molecule has 1 unspecified atom stereocenters. The molecule has 1 atom stereocenters. The Balaban J connectivity index is 3.63. The van der Waals surface area contributed by atoms with E-state index in [-0.39, 0.29) is 12.4 Å². The van der Waals surface area contributed by atoms with Gasteiger partial charge in [0, 0.05) is 19.5 Å². The van der Waals surface area contributed by atoms with Crippen molar-refractivity contribution in [2.75, 3.05) is 32.7 Å². The maximum absolute atomic E-state index is 11.7. The van der Waals surface area contributed by atoms with Gasteiger partial charge < -0.3 is 38.3 Å². The Kier molecular flexibility index (Phi) is 14.4. The SMILES string of the molecule is NCCCNCCCCNC(=O)C(O)NC(=O)CCCCN=C(N)N. The number of amides is 2. The Hall–Kier alpha value is -1.91. The lowest BCUT2D eigenvalue weighted by Gasteiger charge is -2.13. The molecule has 0 radical (unpaired) electrons. The lowest BCUT2D eigenvalue weighted by atomic mass is 10.2. The van der Waals surface area contributed by atoms with E-state index in [1.807, 2.05) is 0 Å². The topological polar surface area (TPSA) is 181 Å². The first kappa shape index (κ1) is 23.1. The van der Waals surface area contributed by atoms with Crippen LogP contribution in [0.3, 0.4) is 0 Å². The van der Waals surface area contributed by atoms with E-state index in [1.165, 1.54) is 0 Å². The standard InChI is InChI=1S/C15H33N7O3/c16-7-5-9-19-8-3-4-10-20-13(24)14(25)22-12(23)6-1-2-11-21-15(17)18/h14,19,25H,1-11,16H2,(H,20,24)(H,22,23)(H4,17,18,21). The van der Waals surface area contributed by atoms with Crippen molar-refractivity contribution in [2.45, 2.75) is 44.8 Å². The maximum Gasteiger partial charge on any atom is 0.269 e. The van der Waals surface area contributed by atoms with Crippen LogP contribution in [0.25, 0.3) is 0 Å². The molecule has 0 bridgehead atoms. The number of guanidine groups is 1. The molecule has 0 fully saturated rings. The molecule has 0 aromatic rings. The van der Waals surface area contributed by atoms with Gasteiger partial charge in [0.05, 0.1) is 0 Å². The number of carbonyl (C=O) groups is 2. The zero-order chi connectivity index (χ0) is 18.9. The van der Waals surface area contributed by atoms with Crippen molar-refractivity contribution >= 4 is 17.8 Å². The maximum atomic E-state index is 11.7. The Morgan fingerprint density at radius 3 is 2.36 bits per heavy atom. The zero-order valence-electron chi connectivity index (χ0n) is 14.8. The van der Waals surface area contributed by atoms with Crippen molar-refractivity contribution < 1.29 is 14.7 Å². The largest absolute Gasteiger partial charge is 0.370 e. The van der Waals surface area contributed by atoms with Crippen LogP contribution < -0.4 is 33.2 Å². The van der Waals surface area contributed by atoms with Gasteiger partial charge >= 0.3 is 0 Å². The first-order valence-corrected chi connectivity index (χ1v) is 8.68. The second kappa shape index (κ2) is 15.6. The molecule has 0 saturated heterocycles. The summed E-state index contributed by atoms with van der Waals surface area (Å²) in [6, 6.07) is 0. The van der Waals surface area contributed by atoms with Crippen LogP contribution in [0, 0.1) is 0 Å². The van der Waals surface area contributed by atoms with E-state index >= 15 is 0 Å². The second-order valence-electron chi connectivity index (χ2n) is 5.62. The summed E-state index contributed by atoms with van der Waals surface area (Å²) < 4.78 is 0. The van der Waals surface area contributed by atoms with Crippen LogP contribution in [0.5, 0.6) is 0 Å². The predicted octanol–water partition coefficient (Wildman–Crippen LogP) is -2.30. The quantitative estimate of drug-likeness (QED) is 0.0742. The van der Waals surface area contributed by atoms with Gasteiger partial charge in [0.25, 0.3) is 5.91 Å². The number of aliphatic hydroxyl groups excluding tert-OH is 1. The average Bonchev–Trinajstić information content (AvgIpc) is 2.56. The molecule has 2 amide bonds. The number of nitrogens with zero attached hydrogens (tertiary/aromatic N) is 1. The highest BCUT2D eigenvalue weighted by Crippen LogP contribution is 1.96. The summed E-state index contributed by atoms with van der Waals surface area (Å²) >= 11 is 0. The summed E-state index contributed by atoms with van der Waals surface area (Å²) in [4.78, 5) is 27.1. The summed E-state index contributed by atoms with van der Waals surface area (Å²) in [6.45, 7) is 3.31. The Labute approximate surface area is 149 Å². The molecule has 0 heterocycles. The van der Waals surface area contributed by atoms with E-state index < -0.39 is 18.0 Å². The highest BCUT2D eigenvalue weighted by Gasteiger charge is 2.16. The van der Waals surface area contributed by atoms with Crippen LogP contribution in [0.2, 0.25) is 0 Å². The lowest BCUT2D eigenvalue weighted by molar-refractivity contribution is -0.136. The first-order valence-electron chi connectivity index (χ1n) is 8.68. The number of nitrogens with two attached hydrogens (primary N) is 3. The fourth-order valence-electron chi connectivity index (χ4n) is 1.93. The van der Waals surface area contributed by atoms with E-state index in [2.05, 4.69) is 20.9 Å². The van der Waals surface area contributed by atoms with Gasteiger partial charge in [-0.3, -0.25) is 14.6 Å². The Morgan fingerprint density at radius 1 is 1.00 bits per heavy atom. The summed E-state index contributed by atoms with van der Waals surface area (Å²) in [6.07, 6.45) is 2.50. The van der Waals surface area contributed by atoms with Crippen molar-refractivity contribution in [2.24, 2.45) is 22.2 Å². The summed E-state index contributed by atoms with van der Waals surface area (Å²) in [5.41, 5.74) is 15.7. The highest BCUT2D eigenvalue weighted by molar-refractivity contribution is 5.86. The third-order valence-electron chi connectivity index (χ3n) is 3.29. The fourth-order valence-corrected chi connectivity index (χ4v) is 1.93. The summed E-state index contributed by atoms with van der Waals surface area (Å²) in [7, 11) is 0. The Morgan fingerprint density at radius 2 is 1.68 bits per heavy atom. The minimum absolute atomic E-state index is 0.0166. The number of nitrogens with one attached hydrogen (secondary N) is 3. The van der Waals surface area contributed by atoms with Gasteiger partial charge in [0.15, 0.2) is 5.96 Å². The summed E-state index contributed by atoms with van der Waals surface area (Å²) in [5, 5.41) is 17.7. The van der Waals surface area contributed by atoms with Crippen molar-refractivity contribution in [1.29, 1.82) is 0 Å². The number of hydrogen-bond donors (Lipinski definition) is 7. The minimum Gasteiger partial charge on any atom is -0.370 e. The number of aliphatic hydroxyl groups is 1. The molecule has 0 saturated carbocycles. The average molecular weight is 359 g/mol. The van der Waals surface area contributed by atoms with Gasteiger partial charge in [0.1, 0.15) is 0 Å². The number of aliphatic imine (C=N–C) groups is 1. The van der Waals surface area contributed by atoms with E-state index in [4.69, 9.17) is 17.2 Å². The van der Waals surface area contributed by atoms with Crippen LogP contribution in [-0.2, 0) is 9.59 Å². The zero-order valence-corrected chi connectivity index (χ0v) is 14.8. The smallest absolute Gasteiger partial charge is 0.269 e. The van der Waals surface area contributed by atoms with Crippen molar-refractivity contribution in [3.63, 3.8) is 0 Å². The molecule has 0 aliphatic heterocycles. The summed E-state index contributed by atoms with van der Waals surface area (Å²) in [5.74, 6) is -0.982. The van der Waals surface area contributed by atoms with E-state index in [0.29, 0.717) is 32.5 Å². The molecule has 146 valence electrons. The van der Waals surface area contributed by atoms with Crippen LogP contribution in [0.1, 0.15) is 38.5 Å². The monoisotopic (exact) mass is 359 g/mol. The molecular formula is C15H33N7O3. The molecule has 0 aromatic carbocycles. The van der Waals surface area contributed by atoms with E-state index in [0.717, 1.165) is 32.4 Å². The molecule has 0 aliphatic carbocycles. The minimum atomic E-state index is -1.53. The molecule has 25 heavy (non-hydrogen) atoms. The molecule has 0 aliphatic rings. The van der Waals surface area contributed by atoms with Gasteiger partial charge in [-0.05, 0) is 51.7 Å². The van der Waals surface area contributed by atoms with Gasteiger partial charge in [-0.15, -0.1) is 0 Å². The third-order valence-corrected chi connectivity index (χ3v) is 3.29. The van der Waals surface area contributed by atoms with Gasteiger partial charge in [-0.25, -0.2) is 0 Å². The molecule has 10 nitrogen and oxygen atoms in total. The predicted molar refractivity (Wildman–Crippen MR) is 97.5 cm³/mol. The van der Waals surface area contributed by atoms with Crippen molar-refractivity contribution in [3.8, 4) is 0 Å². The fraction of sp³-hybridized carbons (Fsp3) is 0.800. The van der Waals surface area contributed by atoms with Crippen LogP contribution in [-0.4, -0.2) is 61.8 Å². The number of carbonyl (C=O) groups excluding carboxylic acids is 2. The van der Waals surface area contributed by atoms with Crippen molar-refractivity contribution in [3.05, 3.63) is 0 Å². The lowest BCUT2D eigenvalue weighted by Crippen LogP contribution is -2.46. The van der Waals surface area contributed by atoms with Crippen molar-refractivity contribution in [1.82, 2.24) is 16.0 Å². The first-order chi connectivity index (χ1) is 12.0. The van der Waals surface area contributed by atoms with Gasteiger partial charge in [-0.2, -0.15) is 0 Å². The molecule has 0 rings (SSSR count). The van der Waals surface area contributed by atoms with Gasteiger partial charge in [-0.1, -0.05) is 0 Å². The van der Waals surface area contributed by atoms with Crippen LogP contribution >= 0.6 is 0 Å². The normalized spacial score (nSPS) is 11.6. The molecule has 0 aromatic heterocycles. The van der Waals surface area contributed by atoms with Gasteiger partial charge in [0.2, 0.25) is 12.1 Å². The molecular weight excluding hydrogens is 326 g/mol. The molecule has 0 spiro atoms. The number of unbranched alkanes of at least 4 members (excludes halogenated alkanes) is 2. The van der Waals surface area contributed by atoms with Crippen LogP contribution in [0.4, 0.5) is 0 Å². The van der Waals surface area contributed by atoms with Crippen LogP contribution in [0.15, 0.2) is 4.99 Å².